The van der Waals surface area contributed by atoms with Gasteiger partial charge in [0.05, 0.1) is 24.0 Å². The molecule has 0 saturated carbocycles. The number of ketones is 1. The molecule has 296 valence electrons. The van der Waals surface area contributed by atoms with E-state index in [1.807, 2.05) is 76.3 Å². The minimum Gasteiger partial charge on any atom is -0.457 e. The Hall–Kier alpha value is -4.91. The van der Waals surface area contributed by atoms with Gasteiger partial charge in [0.1, 0.15) is 42.7 Å². The van der Waals surface area contributed by atoms with E-state index >= 15 is 0 Å². The highest BCUT2D eigenvalue weighted by atomic mass is 16.6. The third kappa shape index (κ3) is 12.3. The summed E-state index contributed by atoms with van der Waals surface area (Å²) >= 11 is 0. The van der Waals surface area contributed by atoms with Gasteiger partial charge in [-0.2, -0.15) is 0 Å². The van der Waals surface area contributed by atoms with Gasteiger partial charge in [-0.3, -0.25) is 4.79 Å². The van der Waals surface area contributed by atoms with Gasteiger partial charge in [0.15, 0.2) is 17.3 Å². The molecule has 0 spiro atoms. The number of epoxide rings is 1. The second-order valence-electron chi connectivity index (χ2n) is 14.6. The molecule has 0 aromatic carbocycles. The number of esters is 2. The number of aliphatic hydroxyl groups is 1. The lowest BCUT2D eigenvalue weighted by Crippen LogP contribution is -2.42. The molecule has 2 aromatic rings. The molecule has 1 saturated heterocycles. The summed E-state index contributed by atoms with van der Waals surface area (Å²) < 4.78 is 34.3. The smallest absolute Gasteiger partial charge is 0.360 e. The minimum atomic E-state index is -0.942. The van der Waals surface area contributed by atoms with Crippen LogP contribution in [0.5, 0.6) is 0 Å². The molecule has 4 heterocycles. The number of ether oxygens (including phenoxy) is 4. The number of allylic oxidation sites excluding steroid dienone is 7. The Labute approximate surface area is 323 Å². The van der Waals surface area contributed by atoms with Crippen LogP contribution in [0.25, 0.3) is 6.08 Å². The summed E-state index contributed by atoms with van der Waals surface area (Å²) in [5.74, 6) is -0.857. The van der Waals surface area contributed by atoms with Crippen LogP contribution < -0.4 is 0 Å². The summed E-state index contributed by atoms with van der Waals surface area (Å²) in [4.78, 5) is 48.2. The molecule has 2 aromatic heterocycles. The molecule has 6 atom stereocenters. The maximum atomic E-state index is 13.3. The number of carbonyl (C=O) groups is 3. The highest BCUT2D eigenvalue weighted by Crippen LogP contribution is 2.33. The number of oxazole rings is 2. The van der Waals surface area contributed by atoms with E-state index < -0.39 is 47.2 Å². The van der Waals surface area contributed by atoms with E-state index in [1.165, 1.54) is 12.5 Å². The number of Topliss-reactive ketones (excluding diaryl/α,β-unsaturated/α-hetero) is 1. The molecule has 12 nitrogen and oxygen atoms in total. The van der Waals surface area contributed by atoms with Gasteiger partial charge in [0.2, 0.25) is 5.89 Å². The van der Waals surface area contributed by atoms with Crippen molar-refractivity contribution in [3.05, 3.63) is 115 Å². The Morgan fingerprint density at radius 2 is 1.55 bits per heavy atom. The largest absolute Gasteiger partial charge is 0.457 e. The van der Waals surface area contributed by atoms with Crippen LogP contribution >= 0.6 is 0 Å². The van der Waals surface area contributed by atoms with Gasteiger partial charge < -0.3 is 32.9 Å². The molecule has 55 heavy (non-hydrogen) atoms. The average Bonchev–Trinajstić information content (AvgIpc) is 3.47. The third-order valence-corrected chi connectivity index (χ3v) is 9.67. The van der Waals surface area contributed by atoms with Crippen molar-refractivity contribution in [1.82, 2.24) is 9.97 Å². The van der Waals surface area contributed by atoms with E-state index in [2.05, 4.69) is 9.97 Å². The summed E-state index contributed by atoms with van der Waals surface area (Å²) in [6.07, 6.45) is 26.4. The molecule has 6 unspecified atom stereocenters. The van der Waals surface area contributed by atoms with Crippen molar-refractivity contribution >= 4 is 23.8 Å². The zero-order chi connectivity index (χ0) is 40.0. The second-order valence-corrected chi connectivity index (χ2v) is 14.6. The van der Waals surface area contributed by atoms with Crippen LogP contribution in [0, 0.1) is 10.8 Å². The number of aliphatic hydroxyl groups excluding tert-OH is 1. The standard InChI is InChI=1S/C43H54N2O10/c1-8-18-34(46)42(3,4)36-23-14-12-10-11-13-20-29(50-7)26-39-45-31(28-52-39)41(49)55-37(43(5,6)35(47)19-9-2)24-17-22-33-32(53-33)21-15-16-25-38-44-30(27-51-38)40(48)54-36/h9-17,19-22,25,27-29,32-33,35-37,47H,8,18,23-24,26H2,1-7H3. The molecule has 4 bridgehead atoms. The van der Waals surface area contributed by atoms with Crippen molar-refractivity contribution in [1.29, 1.82) is 0 Å². The monoisotopic (exact) mass is 758 g/mol. The van der Waals surface area contributed by atoms with Crippen LogP contribution in [0.1, 0.15) is 100.0 Å². The number of methoxy groups -OCH3 is 1. The minimum absolute atomic E-state index is 0.00140. The topological polar surface area (TPSA) is 164 Å². The van der Waals surface area contributed by atoms with E-state index in [9.17, 15) is 19.5 Å². The normalized spacial score (nSPS) is 24.0. The number of aromatic nitrogens is 2. The van der Waals surface area contributed by atoms with Crippen LogP contribution in [0.2, 0.25) is 0 Å². The molecule has 1 N–H and O–H groups in total. The van der Waals surface area contributed by atoms with Crippen LogP contribution in [0.4, 0.5) is 0 Å². The number of nitrogens with zero attached hydrogens (tertiary/aromatic N) is 2. The number of cyclic esters (lactones) is 2. The summed E-state index contributed by atoms with van der Waals surface area (Å²) in [6.45, 7) is 11.0. The molecular formula is C43H54N2O10. The van der Waals surface area contributed by atoms with Crippen molar-refractivity contribution in [3.63, 3.8) is 0 Å². The highest BCUT2D eigenvalue weighted by Gasteiger charge is 2.40. The predicted molar refractivity (Wildman–Crippen MR) is 207 cm³/mol. The van der Waals surface area contributed by atoms with Gasteiger partial charge in [-0.1, -0.05) is 99.8 Å². The van der Waals surface area contributed by atoms with Gasteiger partial charge in [-0.25, -0.2) is 19.6 Å². The first kappa shape index (κ1) is 42.8. The van der Waals surface area contributed by atoms with Crippen molar-refractivity contribution in [2.45, 2.75) is 110 Å². The van der Waals surface area contributed by atoms with E-state index in [1.54, 1.807) is 57.4 Å². The predicted octanol–water partition coefficient (Wildman–Crippen LogP) is 7.69. The summed E-state index contributed by atoms with van der Waals surface area (Å²) in [6, 6.07) is 0. The lowest BCUT2D eigenvalue weighted by Gasteiger charge is -2.36. The highest BCUT2D eigenvalue weighted by molar-refractivity contribution is 5.89. The Bertz CT molecular complexity index is 1800. The van der Waals surface area contributed by atoms with Crippen molar-refractivity contribution < 1.29 is 47.3 Å². The molecule has 1 fully saturated rings. The fraction of sp³-hybridized carbons (Fsp3) is 0.465. The first-order valence-electron chi connectivity index (χ1n) is 18.7. The molecule has 0 amide bonds. The summed E-state index contributed by atoms with van der Waals surface area (Å²) in [7, 11) is 1.56. The number of fused-ring (bicyclic) bond motifs is 5. The van der Waals surface area contributed by atoms with Gasteiger partial charge in [-0.05, 0) is 27.2 Å². The number of rotatable bonds is 8. The van der Waals surface area contributed by atoms with Gasteiger partial charge in [-0.15, -0.1) is 0 Å². The van der Waals surface area contributed by atoms with E-state index in [0.29, 0.717) is 31.6 Å². The third-order valence-electron chi connectivity index (χ3n) is 9.67. The Balaban J connectivity index is 1.58. The van der Waals surface area contributed by atoms with Crippen molar-refractivity contribution in [2.75, 3.05) is 7.11 Å². The maximum absolute atomic E-state index is 13.3. The SMILES string of the molecule is CC=CC(O)C(C)(C)C1CC=CC2OC2C=CC=Cc2nc(co2)C(=O)OC(C(C)(C)C(=O)CCC)CC=CC=CC=CC(OC)Cc2nc(co2)C(=O)O1. The second kappa shape index (κ2) is 20.1. The zero-order valence-corrected chi connectivity index (χ0v) is 32.8. The van der Waals surface area contributed by atoms with E-state index in [-0.39, 0.29) is 41.7 Å². The maximum Gasteiger partial charge on any atom is 0.360 e. The van der Waals surface area contributed by atoms with Crippen LogP contribution in [-0.4, -0.2) is 76.5 Å². The first-order chi connectivity index (χ1) is 26.3. The lowest BCUT2D eigenvalue weighted by atomic mass is 9.78. The first-order valence-corrected chi connectivity index (χ1v) is 18.7. The van der Waals surface area contributed by atoms with E-state index in [4.69, 9.17) is 27.8 Å². The molecule has 4 rings (SSSR count). The number of hydrogen-bond acceptors (Lipinski definition) is 12. The van der Waals surface area contributed by atoms with Crippen LogP contribution in [0.3, 0.4) is 0 Å². The van der Waals surface area contributed by atoms with E-state index in [0.717, 1.165) is 0 Å². The number of hydrogen-bond donors (Lipinski definition) is 1. The molecular weight excluding hydrogens is 704 g/mol. The Kier molecular flexibility index (Phi) is 15.7. The summed E-state index contributed by atoms with van der Waals surface area (Å²) in [5, 5.41) is 10.9. The molecule has 0 radical (unpaired) electrons. The van der Waals surface area contributed by atoms with Crippen LogP contribution in [0.15, 0.2) is 100 Å². The summed E-state index contributed by atoms with van der Waals surface area (Å²) in [5.41, 5.74) is -1.78. The van der Waals surface area contributed by atoms with Crippen LogP contribution in [-0.2, 0) is 30.2 Å². The average molecular weight is 759 g/mol. The molecule has 2 aliphatic heterocycles. The quantitative estimate of drug-likeness (QED) is 0.159. The Morgan fingerprint density at radius 1 is 0.891 bits per heavy atom. The lowest BCUT2D eigenvalue weighted by molar-refractivity contribution is -0.133. The Morgan fingerprint density at radius 3 is 2.27 bits per heavy atom. The van der Waals surface area contributed by atoms with Crippen molar-refractivity contribution in [2.24, 2.45) is 10.8 Å². The molecule has 12 heteroatoms. The fourth-order valence-corrected chi connectivity index (χ4v) is 5.77. The fourth-order valence-electron chi connectivity index (χ4n) is 5.77. The van der Waals surface area contributed by atoms with Gasteiger partial charge >= 0.3 is 11.9 Å². The molecule has 0 aliphatic carbocycles. The van der Waals surface area contributed by atoms with Gasteiger partial charge in [0, 0.05) is 37.9 Å². The number of carbonyl (C=O) groups excluding carboxylic acids is 3. The molecule has 2 aliphatic rings. The van der Waals surface area contributed by atoms with Crippen molar-refractivity contribution in [3.8, 4) is 0 Å². The zero-order valence-electron chi connectivity index (χ0n) is 32.8. The van der Waals surface area contributed by atoms with Gasteiger partial charge in [0.25, 0.3) is 0 Å².